The van der Waals surface area contributed by atoms with Gasteiger partial charge in [0.15, 0.2) is 0 Å². The van der Waals surface area contributed by atoms with Crippen LogP contribution in [0.3, 0.4) is 0 Å². The molecule has 0 bridgehead atoms. The Bertz CT molecular complexity index is 1670. The Kier molecular flexibility index (Phi) is 10.1. The van der Waals surface area contributed by atoms with Crippen LogP contribution in [0.2, 0.25) is 0 Å². The third-order valence-electron chi connectivity index (χ3n) is 10.7. The number of nitrogens with zero attached hydrogens (tertiary/aromatic N) is 2. The summed E-state index contributed by atoms with van der Waals surface area (Å²) in [5.74, 6) is 3.77. The molecule has 3 aromatic rings. The van der Waals surface area contributed by atoms with Crippen LogP contribution in [0.1, 0.15) is 86.0 Å². The lowest BCUT2D eigenvalue weighted by atomic mass is 9.51. The van der Waals surface area contributed by atoms with E-state index in [0.29, 0.717) is 49.6 Å². The van der Waals surface area contributed by atoms with Crippen LogP contribution in [0.25, 0.3) is 0 Å². The highest BCUT2D eigenvalue weighted by atomic mass is 32.2. The number of rotatable bonds is 13. The summed E-state index contributed by atoms with van der Waals surface area (Å²) in [7, 11) is 0.0621. The number of Topliss-reactive ketones (excluding diaryl/α,β-unsaturated/α-hetero) is 1. The molecule has 2 saturated carbocycles. The van der Waals surface area contributed by atoms with Crippen molar-refractivity contribution in [2.45, 2.75) is 76.7 Å². The number of unbranched alkanes of at least 4 members (excludes halogenated alkanes) is 2. The van der Waals surface area contributed by atoms with Crippen molar-refractivity contribution < 1.29 is 22.7 Å². The molecule has 2 fully saturated rings. The normalized spacial score (nSPS) is 25.2. The highest BCUT2D eigenvalue weighted by Crippen LogP contribution is 2.64. The van der Waals surface area contributed by atoms with E-state index in [1.165, 1.54) is 23.0 Å². The maximum Gasteiger partial charge on any atom is 0.254 e. The third-order valence-corrected chi connectivity index (χ3v) is 11.9. The Balaban J connectivity index is 1.13. The molecule has 8 heteroatoms. The predicted octanol–water partition coefficient (Wildman–Crippen LogP) is 7.55. The maximum atomic E-state index is 13.3. The fourth-order valence-electron chi connectivity index (χ4n) is 8.40. The number of hydrogen-bond acceptors (Lipinski definition) is 5. The molecule has 0 spiro atoms. The van der Waals surface area contributed by atoms with Crippen LogP contribution in [0, 0.1) is 17.3 Å². The molecule has 3 aliphatic rings. The minimum absolute atomic E-state index is 0.0447. The molecule has 0 radical (unpaired) electrons. The van der Waals surface area contributed by atoms with E-state index < -0.39 is 10.0 Å². The van der Waals surface area contributed by atoms with Crippen LogP contribution in [-0.2, 0) is 27.8 Å². The molecule has 0 N–H and O–H groups in total. The lowest BCUT2D eigenvalue weighted by Gasteiger charge is -2.52. The number of ketones is 1. The summed E-state index contributed by atoms with van der Waals surface area (Å²) in [6.45, 7) is 3.33. The molecule has 6 rings (SSSR count). The smallest absolute Gasteiger partial charge is 0.254 e. The first kappa shape index (κ1) is 33.3. The minimum atomic E-state index is -3.43. The second-order valence-corrected chi connectivity index (χ2v) is 15.9. The van der Waals surface area contributed by atoms with Gasteiger partial charge >= 0.3 is 0 Å². The van der Waals surface area contributed by atoms with Crippen molar-refractivity contribution >= 4 is 22.1 Å². The van der Waals surface area contributed by atoms with Crippen molar-refractivity contribution in [3.8, 4) is 11.5 Å². The summed E-state index contributed by atoms with van der Waals surface area (Å²) in [5.41, 5.74) is 4.98. The molecule has 47 heavy (non-hydrogen) atoms. The van der Waals surface area contributed by atoms with Gasteiger partial charge in [0.1, 0.15) is 30.2 Å². The summed E-state index contributed by atoms with van der Waals surface area (Å²) in [6.07, 6.45) is 8.14. The van der Waals surface area contributed by atoms with Crippen LogP contribution in [0.4, 0.5) is 0 Å². The number of aryl methyl sites for hydroxylation is 1. The molecule has 0 aliphatic heterocycles. The molecule has 5 atom stereocenters. The van der Waals surface area contributed by atoms with Crippen molar-refractivity contribution in [1.82, 2.24) is 4.90 Å². The zero-order valence-corrected chi connectivity index (χ0v) is 28.8. The lowest BCUT2D eigenvalue weighted by Crippen LogP contribution is -2.46. The highest BCUT2D eigenvalue weighted by molar-refractivity contribution is 7.90. The predicted molar refractivity (Wildman–Crippen MR) is 187 cm³/mol. The standard InChI is InChI=1S/C39H48N2O5S/c1-39-25-35(29-12-15-31(16-13-29)45-22-8-5-9-23-47(43,44)40-27-41(2)3)38-33-19-17-32(46-26-28-10-6-4-7-11-28)24-30(33)14-18-34(38)36(39)20-21-37(39)42/h4,6-7,10-13,15-17,19,24,27,34-36,38H,5,8-9,14,18,20-23,25-26H2,1-3H3/t34-,35+,36-,38+,39-/m0/s1. The SMILES string of the molecule is CN(C)C=NS(=O)(=O)CCCCCOc1ccc([C@H]2C[C@]3(C)C(=O)CC[C@H]3[C@@H]3CCc4cc(OCc5ccccc5)ccc4[C@H]32)cc1. The fourth-order valence-corrected chi connectivity index (χ4v) is 9.40. The van der Waals surface area contributed by atoms with Gasteiger partial charge in [-0.25, -0.2) is 8.42 Å². The Hall–Kier alpha value is -3.65. The average Bonchev–Trinajstić information content (AvgIpc) is 3.38. The first-order chi connectivity index (χ1) is 22.6. The number of fused-ring (bicyclic) bond motifs is 5. The Morgan fingerprint density at radius 3 is 2.45 bits per heavy atom. The molecular weight excluding hydrogens is 609 g/mol. The number of benzene rings is 3. The summed E-state index contributed by atoms with van der Waals surface area (Å²) < 4.78 is 40.0. The highest BCUT2D eigenvalue weighted by Gasteiger charge is 2.57. The Morgan fingerprint density at radius 1 is 0.915 bits per heavy atom. The van der Waals surface area contributed by atoms with Crippen molar-refractivity contribution in [3.63, 3.8) is 0 Å². The van der Waals surface area contributed by atoms with E-state index in [4.69, 9.17) is 9.47 Å². The van der Waals surface area contributed by atoms with Crippen LogP contribution in [0.5, 0.6) is 11.5 Å². The van der Waals surface area contributed by atoms with Crippen molar-refractivity contribution in [2.75, 3.05) is 26.5 Å². The van der Waals surface area contributed by atoms with Crippen molar-refractivity contribution in [3.05, 3.63) is 95.1 Å². The van der Waals surface area contributed by atoms with Crippen LogP contribution in [0.15, 0.2) is 77.2 Å². The zero-order valence-electron chi connectivity index (χ0n) is 27.9. The van der Waals surface area contributed by atoms with Crippen LogP contribution < -0.4 is 9.47 Å². The van der Waals surface area contributed by atoms with Gasteiger partial charge < -0.3 is 14.4 Å². The monoisotopic (exact) mass is 656 g/mol. The number of ether oxygens (including phenoxy) is 2. The van der Waals surface area contributed by atoms with Gasteiger partial charge in [-0.15, -0.1) is 0 Å². The first-order valence-electron chi connectivity index (χ1n) is 17.1. The van der Waals surface area contributed by atoms with Crippen molar-refractivity contribution in [1.29, 1.82) is 0 Å². The molecule has 0 heterocycles. The van der Waals surface area contributed by atoms with Gasteiger partial charge in [-0.1, -0.05) is 55.5 Å². The molecule has 3 aliphatic carbocycles. The summed E-state index contributed by atoms with van der Waals surface area (Å²) in [6, 6.07) is 25.5. The van der Waals surface area contributed by atoms with Gasteiger partial charge in [0.25, 0.3) is 10.0 Å². The summed E-state index contributed by atoms with van der Waals surface area (Å²) in [5, 5.41) is 0. The van der Waals surface area contributed by atoms with Gasteiger partial charge in [0.2, 0.25) is 0 Å². The van der Waals surface area contributed by atoms with E-state index in [9.17, 15) is 13.2 Å². The van der Waals surface area contributed by atoms with Gasteiger partial charge in [0.05, 0.1) is 12.4 Å². The number of sulfonamides is 1. The number of carbonyl (C=O) groups excluding carboxylic acids is 1. The first-order valence-corrected chi connectivity index (χ1v) is 18.7. The molecular formula is C39H48N2O5S. The van der Waals surface area contributed by atoms with Crippen molar-refractivity contribution in [2.24, 2.45) is 21.6 Å². The van der Waals surface area contributed by atoms with Gasteiger partial charge in [-0.2, -0.15) is 4.40 Å². The van der Waals surface area contributed by atoms with Gasteiger partial charge in [-0.05, 0) is 115 Å². The topological polar surface area (TPSA) is 85.3 Å². The van der Waals surface area contributed by atoms with Crippen LogP contribution >= 0.6 is 0 Å². The molecule has 3 aromatic carbocycles. The number of hydrogen-bond donors (Lipinski definition) is 0. The van der Waals surface area contributed by atoms with E-state index in [1.807, 2.05) is 18.2 Å². The van der Waals surface area contributed by atoms with E-state index in [1.54, 1.807) is 19.0 Å². The zero-order chi connectivity index (χ0) is 33.0. The molecule has 0 amide bonds. The average molecular weight is 657 g/mol. The lowest BCUT2D eigenvalue weighted by molar-refractivity contribution is -0.130. The summed E-state index contributed by atoms with van der Waals surface area (Å²) >= 11 is 0. The van der Waals surface area contributed by atoms with E-state index >= 15 is 0 Å². The quantitative estimate of drug-likeness (QED) is 0.107. The Morgan fingerprint density at radius 2 is 1.68 bits per heavy atom. The molecule has 0 saturated heterocycles. The molecule has 250 valence electrons. The summed E-state index contributed by atoms with van der Waals surface area (Å²) in [4.78, 5) is 15.0. The minimum Gasteiger partial charge on any atom is -0.494 e. The van der Waals surface area contributed by atoms with E-state index in [-0.39, 0.29) is 17.1 Å². The number of carbonyl (C=O) groups is 1. The maximum absolute atomic E-state index is 13.3. The molecule has 0 unspecified atom stereocenters. The van der Waals surface area contributed by atoms with E-state index in [0.717, 1.165) is 55.6 Å². The largest absolute Gasteiger partial charge is 0.494 e. The van der Waals surface area contributed by atoms with E-state index in [2.05, 4.69) is 65.9 Å². The van der Waals surface area contributed by atoms with Gasteiger partial charge in [-0.3, -0.25) is 4.79 Å². The second kappa shape index (κ2) is 14.2. The fraction of sp³-hybridized carbons (Fsp3) is 0.487. The Labute approximate surface area is 280 Å². The van der Waals surface area contributed by atoms with Gasteiger partial charge in [0, 0.05) is 25.9 Å². The molecule has 0 aromatic heterocycles. The molecule has 7 nitrogen and oxygen atoms in total. The van der Waals surface area contributed by atoms with Crippen LogP contribution in [-0.4, -0.2) is 51.9 Å². The second-order valence-electron chi connectivity index (χ2n) is 14.1. The third kappa shape index (κ3) is 7.58.